The Bertz CT molecular complexity index is 757. The minimum absolute atomic E-state index is 0.336. The first-order valence-electron chi connectivity index (χ1n) is 7.32. The standard InChI is InChI=1S/C18H17ClN2O3/c1-12-4-3-5-14(10-12)6-9-17(22)24-13(2)18(23)21-16-8-7-15(19)11-20-16/h3-11,13H,1-2H3,(H,20,21,23)/b9-6+/t13-/m0/s1. The highest BCUT2D eigenvalue weighted by Gasteiger charge is 2.17. The SMILES string of the molecule is Cc1cccc(/C=C/C(=O)O[C@@H](C)C(=O)Nc2ccc(Cl)cn2)c1. The fourth-order valence-electron chi connectivity index (χ4n) is 1.88. The number of hydrogen-bond acceptors (Lipinski definition) is 4. The maximum absolute atomic E-state index is 12.0. The topological polar surface area (TPSA) is 68.3 Å². The van der Waals surface area contributed by atoms with E-state index < -0.39 is 18.0 Å². The van der Waals surface area contributed by atoms with E-state index in [1.165, 1.54) is 19.2 Å². The van der Waals surface area contributed by atoms with Gasteiger partial charge in [-0.05, 0) is 37.6 Å². The largest absolute Gasteiger partial charge is 0.449 e. The summed E-state index contributed by atoms with van der Waals surface area (Å²) in [6.45, 7) is 3.45. The van der Waals surface area contributed by atoms with Crippen LogP contribution in [0.2, 0.25) is 5.02 Å². The predicted molar refractivity (Wildman–Crippen MR) is 93.6 cm³/mol. The molecule has 1 heterocycles. The fraction of sp³-hybridized carbons (Fsp3) is 0.167. The van der Waals surface area contributed by atoms with Gasteiger partial charge in [0.25, 0.3) is 5.91 Å². The Hall–Kier alpha value is -2.66. The van der Waals surface area contributed by atoms with E-state index in [-0.39, 0.29) is 0 Å². The van der Waals surface area contributed by atoms with Crippen LogP contribution in [0.5, 0.6) is 0 Å². The van der Waals surface area contributed by atoms with Gasteiger partial charge in [-0.3, -0.25) is 4.79 Å². The Morgan fingerprint density at radius 2 is 2.08 bits per heavy atom. The minimum atomic E-state index is -0.947. The zero-order valence-electron chi connectivity index (χ0n) is 13.3. The smallest absolute Gasteiger partial charge is 0.331 e. The van der Waals surface area contributed by atoms with Gasteiger partial charge in [0, 0.05) is 12.3 Å². The molecule has 0 aliphatic heterocycles. The van der Waals surface area contributed by atoms with Crippen LogP contribution in [0.4, 0.5) is 5.82 Å². The highest BCUT2D eigenvalue weighted by atomic mass is 35.5. The number of nitrogens with zero attached hydrogens (tertiary/aromatic N) is 1. The summed E-state index contributed by atoms with van der Waals surface area (Å²) < 4.78 is 5.07. The molecule has 0 bridgehead atoms. The van der Waals surface area contributed by atoms with E-state index in [1.54, 1.807) is 18.2 Å². The lowest BCUT2D eigenvalue weighted by molar-refractivity contribution is -0.148. The van der Waals surface area contributed by atoms with Crippen molar-refractivity contribution < 1.29 is 14.3 Å². The highest BCUT2D eigenvalue weighted by Crippen LogP contribution is 2.10. The Balaban J connectivity index is 1.88. The third-order valence-corrected chi connectivity index (χ3v) is 3.32. The van der Waals surface area contributed by atoms with Crippen molar-refractivity contribution in [3.05, 3.63) is 64.8 Å². The van der Waals surface area contributed by atoms with E-state index in [1.807, 2.05) is 31.2 Å². The van der Waals surface area contributed by atoms with Crippen molar-refractivity contribution in [2.24, 2.45) is 0 Å². The van der Waals surface area contributed by atoms with Crippen molar-refractivity contribution in [3.63, 3.8) is 0 Å². The van der Waals surface area contributed by atoms with E-state index in [0.717, 1.165) is 11.1 Å². The maximum Gasteiger partial charge on any atom is 0.331 e. The average molecular weight is 345 g/mol. The van der Waals surface area contributed by atoms with Crippen molar-refractivity contribution in [2.45, 2.75) is 20.0 Å². The second kappa shape index (κ2) is 8.26. The molecule has 2 aromatic rings. The van der Waals surface area contributed by atoms with Crippen LogP contribution < -0.4 is 5.32 Å². The number of benzene rings is 1. The molecule has 5 nitrogen and oxygen atoms in total. The van der Waals surface area contributed by atoms with Crippen molar-refractivity contribution in [2.75, 3.05) is 5.32 Å². The van der Waals surface area contributed by atoms with Crippen molar-refractivity contribution in [1.29, 1.82) is 0 Å². The number of hydrogen-bond donors (Lipinski definition) is 1. The van der Waals surface area contributed by atoms with Gasteiger partial charge in [-0.2, -0.15) is 0 Å². The van der Waals surface area contributed by atoms with Crippen LogP contribution in [0.15, 0.2) is 48.7 Å². The first kappa shape index (κ1) is 17.7. The summed E-state index contributed by atoms with van der Waals surface area (Å²) in [7, 11) is 0. The number of aryl methyl sites for hydroxylation is 1. The second-order valence-corrected chi connectivity index (χ2v) is 5.61. The van der Waals surface area contributed by atoms with E-state index in [2.05, 4.69) is 10.3 Å². The molecule has 0 saturated carbocycles. The first-order chi connectivity index (χ1) is 11.4. The van der Waals surface area contributed by atoms with Gasteiger partial charge < -0.3 is 10.1 Å². The van der Waals surface area contributed by atoms with Crippen molar-refractivity contribution in [1.82, 2.24) is 4.98 Å². The van der Waals surface area contributed by atoms with Gasteiger partial charge in [0.2, 0.25) is 0 Å². The highest BCUT2D eigenvalue weighted by molar-refractivity contribution is 6.30. The van der Waals surface area contributed by atoms with E-state index >= 15 is 0 Å². The summed E-state index contributed by atoms with van der Waals surface area (Å²) in [5, 5.41) is 3.01. The van der Waals surface area contributed by atoms with Crippen LogP contribution >= 0.6 is 11.6 Å². The van der Waals surface area contributed by atoms with Crippen molar-refractivity contribution >= 4 is 35.4 Å². The Kier molecular flexibility index (Phi) is 6.09. The summed E-state index contributed by atoms with van der Waals surface area (Å²) in [5.74, 6) is -0.729. The van der Waals surface area contributed by atoms with Crippen LogP contribution in [-0.4, -0.2) is 23.0 Å². The molecule has 1 atom stereocenters. The lowest BCUT2D eigenvalue weighted by atomic mass is 10.1. The fourth-order valence-corrected chi connectivity index (χ4v) is 1.99. The molecule has 1 aromatic heterocycles. The third-order valence-electron chi connectivity index (χ3n) is 3.09. The molecular weight excluding hydrogens is 328 g/mol. The molecule has 1 N–H and O–H groups in total. The molecule has 24 heavy (non-hydrogen) atoms. The van der Waals surface area contributed by atoms with Crippen LogP contribution in [0.25, 0.3) is 6.08 Å². The number of halogens is 1. The average Bonchev–Trinajstić information content (AvgIpc) is 2.55. The Morgan fingerprint density at radius 3 is 2.75 bits per heavy atom. The molecular formula is C18H17ClN2O3. The number of carbonyl (C=O) groups excluding carboxylic acids is 2. The van der Waals surface area contributed by atoms with Gasteiger partial charge in [0.15, 0.2) is 6.10 Å². The molecule has 0 aliphatic rings. The van der Waals surface area contributed by atoms with E-state index in [9.17, 15) is 9.59 Å². The third kappa shape index (κ3) is 5.52. The number of esters is 1. The summed E-state index contributed by atoms with van der Waals surface area (Å²) in [5.41, 5.74) is 1.98. The van der Waals surface area contributed by atoms with Gasteiger partial charge in [-0.1, -0.05) is 41.4 Å². The maximum atomic E-state index is 12.0. The Morgan fingerprint density at radius 1 is 1.29 bits per heavy atom. The minimum Gasteiger partial charge on any atom is -0.449 e. The number of ether oxygens (including phenoxy) is 1. The number of nitrogens with one attached hydrogen (secondary N) is 1. The number of anilines is 1. The van der Waals surface area contributed by atoms with Crippen LogP contribution in [0.1, 0.15) is 18.1 Å². The molecule has 1 amide bonds. The number of rotatable bonds is 5. The molecule has 0 unspecified atom stereocenters. The molecule has 0 saturated heterocycles. The number of pyridine rings is 1. The van der Waals surface area contributed by atoms with Crippen LogP contribution in [0.3, 0.4) is 0 Å². The normalized spacial score (nSPS) is 12.0. The van der Waals surface area contributed by atoms with Crippen molar-refractivity contribution in [3.8, 4) is 0 Å². The molecule has 6 heteroatoms. The Labute approximate surface area is 145 Å². The lowest BCUT2D eigenvalue weighted by Crippen LogP contribution is -2.29. The van der Waals surface area contributed by atoms with Gasteiger partial charge in [0.1, 0.15) is 5.82 Å². The number of aromatic nitrogens is 1. The summed E-state index contributed by atoms with van der Waals surface area (Å²) >= 11 is 5.72. The monoisotopic (exact) mass is 344 g/mol. The van der Waals surface area contributed by atoms with E-state index in [4.69, 9.17) is 16.3 Å². The van der Waals surface area contributed by atoms with Crippen LogP contribution in [0, 0.1) is 6.92 Å². The van der Waals surface area contributed by atoms with E-state index in [0.29, 0.717) is 10.8 Å². The molecule has 124 valence electrons. The van der Waals surface area contributed by atoms with Gasteiger partial charge in [-0.25, -0.2) is 9.78 Å². The molecule has 0 radical (unpaired) electrons. The molecule has 0 fully saturated rings. The summed E-state index contributed by atoms with van der Waals surface area (Å²) in [6.07, 6.45) is 3.40. The first-order valence-corrected chi connectivity index (χ1v) is 7.69. The second-order valence-electron chi connectivity index (χ2n) is 5.18. The molecule has 1 aromatic carbocycles. The quantitative estimate of drug-likeness (QED) is 0.664. The zero-order chi connectivity index (χ0) is 17.5. The molecule has 0 spiro atoms. The predicted octanol–water partition coefficient (Wildman–Crippen LogP) is 3.63. The number of amides is 1. The molecule has 0 aliphatic carbocycles. The summed E-state index contributed by atoms with van der Waals surface area (Å²) in [6, 6.07) is 10.8. The van der Waals surface area contributed by atoms with Gasteiger partial charge >= 0.3 is 5.97 Å². The van der Waals surface area contributed by atoms with Gasteiger partial charge in [0.05, 0.1) is 5.02 Å². The van der Waals surface area contributed by atoms with Gasteiger partial charge in [-0.15, -0.1) is 0 Å². The zero-order valence-corrected chi connectivity index (χ0v) is 14.1. The molecule has 2 rings (SSSR count). The van der Waals surface area contributed by atoms with Crippen LogP contribution in [-0.2, 0) is 14.3 Å². The summed E-state index contributed by atoms with van der Waals surface area (Å²) in [4.78, 5) is 27.7. The number of carbonyl (C=O) groups is 2. The lowest BCUT2D eigenvalue weighted by Gasteiger charge is -2.11.